The van der Waals surface area contributed by atoms with Crippen LogP contribution in [-0.2, 0) is 17.8 Å². The maximum absolute atomic E-state index is 11.2. The minimum Gasteiger partial charge on any atom is -0.462 e. The van der Waals surface area contributed by atoms with Gasteiger partial charge in [-0.25, -0.2) is 4.79 Å². The Morgan fingerprint density at radius 1 is 1.05 bits per heavy atom. The molecule has 0 heterocycles. The van der Waals surface area contributed by atoms with E-state index in [1.54, 1.807) is 0 Å². The summed E-state index contributed by atoms with van der Waals surface area (Å²) < 4.78 is 18.0. The molecule has 0 aromatic rings. The fourth-order valence-electron chi connectivity index (χ4n) is 1.86. The predicted molar refractivity (Wildman–Crippen MR) is 91.1 cm³/mol. The largest absolute Gasteiger partial charge is 0.462 e. The molecule has 20 heavy (non-hydrogen) atoms. The number of esters is 1. The van der Waals surface area contributed by atoms with Crippen LogP contribution in [0.25, 0.3) is 0 Å². The van der Waals surface area contributed by atoms with Crippen LogP contribution in [-0.4, -0.2) is 37.8 Å². The molecule has 1 unspecified atom stereocenters. The molecule has 118 valence electrons. The van der Waals surface area contributed by atoms with E-state index in [9.17, 15) is 4.79 Å². The van der Waals surface area contributed by atoms with E-state index in [1.165, 1.54) is 6.08 Å². The fraction of sp³-hybridized carbons (Fsp3) is 0.769. The summed E-state index contributed by atoms with van der Waals surface area (Å²) in [4.78, 5) is 11.2. The minimum absolute atomic E-state index is 0.0878. The van der Waals surface area contributed by atoms with Gasteiger partial charge >= 0.3 is 14.5 Å². The third kappa shape index (κ3) is 8.15. The predicted octanol–water partition coefficient (Wildman–Crippen LogP) is 3.88. The van der Waals surface area contributed by atoms with E-state index >= 15 is 0 Å². The van der Waals surface area contributed by atoms with Crippen LogP contribution in [0.5, 0.6) is 0 Å². The van der Waals surface area contributed by atoms with Gasteiger partial charge in [0.1, 0.15) is 0 Å². The maximum atomic E-state index is 11.2. The molecule has 4 nitrogen and oxygen atoms in total. The molecule has 0 aromatic carbocycles. The summed E-state index contributed by atoms with van der Waals surface area (Å²) in [6.07, 6.45) is 1.18. The second kappa shape index (κ2) is 7.17. The zero-order chi connectivity index (χ0) is 16.2. The van der Waals surface area contributed by atoms with Crippen LogP contribution in [0.1, 0.15) is 6.92 Å². The molecule has 0 aliphatic rings. The second-order valence-electron chi connectivity index (χ2n) is 7.18. The highest BCUT2D eigenvalue weighted by atomic mass is 28.5. The highest BCUT2D eigenvalue weighted by molar-refractivity contribution is 6.88. The summed E-state index contributed by atoms with van der Waals surface area (Å²) in [6, 6.07) is 0. The van der Waals surface area contributed by atoms with Crippen molar-refractivity contribution in [3.05, 3.63) is 12.7 Å². The zero-order valence-corrected chi connectivity index (χ0v) is 17.2. The molecule has 7 heteroatoms. The third-order valence-electron chi connectivity index (χ3n) is 2.56. The Morgan fingerprint density at radius 3 is 1.75 bits per heavy atom. The number of hydrogen-bond acceptors (Lipinski definition) is 4. The average Bonchev–Trinajstić information content (AvgIpc) is 2.19. The van der Waals surface area contributed by atoms with Crippen molar-refractivity contribution in [1.29, 1.82) is 0 Å². The lowest BCUT2D eigenvalue weighted by Gasteiger charge is -2.41. The maximum Gasteiger partial charge on any atom is 0.330 e. The Morgan fingerprint density at radius 2 is 1.45 bits per heavy atom. The Labute approximate surface area is 127 Å². The van der Waals surface area contributed by atoms with Crippen LogP contribution in [0.3, 0.4) is 0 Å². The number of carbonyl (C=O) groups excluding carboxylic acids is 1. The van der Waals surface area contributed by atoms with Gasteiger partial charge in [-0.2, -0.15) is 0 Å². The van der Waals surface area contributed by atoms with Crippen molar-refractivity contribution >= 4 is 31.2 Å². The van der Waals surface area contributed by atoms with Gasteiger partial charge in [0.25, 0.3) is 0 Å². The van der Waals surface area contributed by atoms with Gasteiger partial charge in [0, 0.05) is 11.6 Å². The molecule has 0 saturated heterocycles. The van der Waals surface area contributed by atoms with Gasteiger partial charge in [-0.3, -0.25) is 0 Å². The van der Waals surface area contributed by atoms with Gasteiger partial charge in [0.15, 0.2) is 16.6 Å². The van der Waals surface area contributed by atoms with E-state index in [0.717, 1.165) is 0 Å². The van der Waals surface area contributed by atoms with Crippen LogP contribution >= 0.6 is 0 Å². The van der Waals surface area contributed by atoms with Crippen molar-refractivity contribution in [2.45, 2.75) is 58.3 Å². The van der Waals surface area contributed by atoms with Gasteiger partial charge < -0.3 is 13.0 Å². The lowest BCUT2D eigenvalue weighted by molar-refractivity contribution is -0.137. The quantitative estimate of drug-likeness (QED) is 0.384. The molecule has 0 rings (SSSR count). The van der Waals surface area contributed by atoms with Crippen molar-refractivity contribution in [3.63, 3.8) is 0 Å². The van der Waals surface area contributed by atoms with E-state index in [1.807, 2.05) is 6.92 Å². The summed E-state index contributed by atoms with van der Waals surface area (Å²) in [5, 5.41) is 0. The van der Waals surface area contributed by atoms with Gasteiger partial charge in [-0.15, -0.1) is 0 Å². The molecule has 0 radical (unpaired) electrons. The normalized spacial score (nSPS) is 14.8. The van der Waals surface area contributed by atoms with Crippen molar-refractivity contribution in [2.24, 2.45) is 0 Å². The highest BCUT2D eigenvalue weighted by Gasteiger charge is 2.45. The summed E-state index contributed by atoms with van der Waals surface area (Å²) >= 11 is 0. The Hall–Kier alpha value is -0.219. The third-order valence-corrected chi connectivity index (χ3v) is 12.7. The van der Waals surface area contributed by atoms with Crippen molar-refractivity contribution in [1.82, 2.24) is 0 Å². The topological polar surface area (TPSA) is 44.8 Å². The molecule has 0 saturated carbocycles. The lowest BCUT2D eigenvalue weighted by Crippen LogP contribution is -2.55. The Kier molecular flexibility index (Phi) is 7.09. The molecular weight excluding hydrogens is 304 g/mol. The van der Waals surface area contributed by atoms with Crippen LogP contribution in [0.15, 0.2) is 12.7 Å². The fourth-order valence-corrected chi connectivity index (χ4v) is 14.1. The Bertz CT molecular complexity index is 329. The van der Waals surface area contributed by atoms with E-state index in [4.69, 9.17) is 13.0 Å². The molecule has 0 amide bonds. The first-order chi connectivity index (χ1) is 8.79. The molecule has 0 fully saturated rings. The molecule has 0 aromatic heterocycles. The first-order valence-electron chi connectivity index (χ1n) is 6.98. The number of ether oxygens (including phenoxy) is 1. The van der Waals surface area contributed by atoms with Crippen molar-refractivity contribution in [2.75, 3.05) is 6.61 Å². The summed E-state index contributed by atoms with van der Waals surface area (Å²) in [6.45, 7) is 20.8. The van der Waals surface area contributed by atoms with E-state index in [0.29, 0.717) is 6.61 Å². The highest BCUT2D eigenvalue weighted by Crippen LogP contribution is 2.31. The molecule has 0 bridgehead atoms. The standard InChI is InChI=1S/C13H30O4Si3/c1-10-13(14)15-11-12(2)20(9,16-18(3,4)5)17-19(6,7)8/h10,12H,1,11H2,2-9H3. The SMILES string of the molecule is C=CC(=O)OCC(C)[Si](C)(O[Si](C)(C)C)O[Si](C)(C)C. The summed E-state index contributed by atoms with van der Waals surface area (Å²) in [5.74, 6) is -0.394. The monoisotopic (exact) mass is 334 g/mol. The molecule has 1 atom stereocenters. The minimum atomic E-state index is -2.39. The van der Waals surface area contributed by atoms with Crippen LogP contribution in [0, 0.1) is 0 Å². The van der Waals surface area contributed by atoms with Gasteiger partial charge in [-0.05, 0) is 45.8 Å². The van der Waals surface area contributed by atoms with Gasteiger partial charge in [0.05, 0.1) is 6.61 Å². The van der Waals surface area contributed by atoms with Crippen LogP contribution in [0.4, 0.5) is 0 Å². The van der Waals surface area contributed by atoms with Crippen molar-refractivity contribution in [3.8, 4) is 0 Å². The molecule has 0 N–H and O–H groups in total. The Balaban J connectivity index is 5.00. The van der Waals surface area contributed by atoms with Gasteiger partial charge in [-0.1, -0.05) is 13.5 Å². The van der Waals surface area contributed by atoms with E-state index in [-0.39, 0.29) is 5.54 Å². The first-order valence-corrected chi connectivity index (χ1v) is 16.2. The van der Waals surface area contributed by atoms with Crippen LogP contribution in [0.2, 0.25) is 51.4 Å². The number of rotatable bonds is 8. The summed E-state index contributed by atoms with van der Waals surface area (Å²) in [7, 11) is -5.83. The van der Waals surface area contributed by atoms with E-state index < -0.39 is 31.2 Å². The molecule has 0 aliphatic heterocycles. The number of carbonyl (C=O) groups is 1. The smallest absolute Gasteiger partial charge is 0.330 e. The van der Waals surface area contributed by atoms with Crippen LogP contribution < -0.4 is 0 Å². The van der Waals surface area contributed by atoms with Crippen molar-refractivity contribution < 1.29 is 17.8 Å². The first kappa shape index (κ1) is 19.8. The zero-order valence-electron chi connectivity index (χ0n) is 14.2. The lowest BCUT2D eigenvalue weighted by atomic mass is 10.5. The van der Waals surface area contributed by atoms with E-state index in [2.05, 4.69) is 52.4 Å². The summed E-state index contributed by atoms with van der Waals surface area (Å²) in [5.41, 5.74) is 0.0878. The number of hydrogen-bond donors (Lipinski definition) is 0. The molecular formula is C13H30O4Si3. The van der Waals surface area contributed by atoms with Gasteiger partial charge in [0.2, 0.25) is 0 Å². The molecule has 0 aliphatic carbocycles. The second-order valence-corrected chi connectivity index (χ2v) is 20.3. The molecule has 0 spiro atoms. The average molecular weight is 335 g/mol.